The highest BCUT2D eigenvalue weighted by atomic mass is 15.2. The average molecular weight is 248 g/mol. The minimum Gasteiger partial charge on any atom is -0.317 e. The Bertz CT molecular complexity index is 335. The van der Waals surface area contributed by atoms with Crippen LogP contribution in [0.1, 0.15) is 63.8 Å². The van der Waals surface area contributed by atoms with Crippen molar-refractivity contribution in [3.63, 3.8) is 0 Å². The molecule has 0 atom stereocenters. The molecular formula is C14H24N4. The second kappa shape index (κ2) is 5.83. The van der Waals surface area contributed by atoms with Gasteiger partial charge in [0, 0.05) is 18.1 Å². The van der Waals surface area contributed by atoms with Crippen LogP contribution in [0, 0.1) is 0 Å². The van der Waals surface area contributed by atoms with Gasteiger partial charge in [0.25, 0.3) is 0 Å². The van der Waals surface area contributed by atoms with Crippen LogP contribution < -0.4 is 5.32 Å². The molecule has 0 spiro atoms. The summed E-state index contributed by atoms with van der Waals surface area (Å²) in [4.78, 5) is 0. The Morgan fingerprint density at radius 2 is 1.39 bits per heavy atom. The van der Waals surface area contributed by atoms with Crippen LogP contribution in [0.3, 0.4) is 0 Å². The first-order chi connectivity index (χ1) is 8.92. The topological polar surface area (TPSA) is 42.7 Å². The number of hydrogen-bond acceptors (Lipinski definition) is 3. The molecular weight excluding hydrogens is 224 g/mol. The molecule has 3 rings (SSSR count). The van der Waals surface area contributed by atoms with Gasteiger partial charge in [0.2, 0.25) is 0 Å². The zero-order valence-corrected chi connectivity index (χ0v) is 11.1. The summed E-state index contributed by atoms with van der Waals surface area (Å²) < 4.78 is 2.18. The van der Waals surface area contributed by atoms with Crippen molar-refractivity contribution in [3.05, 3.63) is 12.7 Å². The molecule has 0 unspecified atom stereocenters. The Labute approximate surface area is 109 Å². The second-order valence-corrected chi connectivity index (χ2v) is 5.92. The molecule has 2 aliphatic carbocycles. The van der Waals surface area contributed by atoms with Gasteiger partial charge in [-0.1, -0.05) is 19.3 Å². The summed E-state index contributed by atoms with van der Waals surface area (Å²) >= 11 is 0. The van der Waals surface area contributed by atoms with Crippen molar-refractivity contribution in [1.82, 2.24) is 20.1 Å². The maximum Gasteiger partial charge on any atom is 0.119 e. The van der Waals surface area contributed by atoms with E-state index in [1.54, 1.807) is 0 Å². The minimum absolute atomic E-state index is 0.629. The van der Waals surface area contributed by atoms with Crippen molar-refractivity contribution in [2.24, 2.45) is 0 Å². The first-order valence-corrected chi connectivity index (χ1v) is 7.52. The number of hydrogen-bond donors (Lipinski definition) is 1. The molecule has 18 heavy (non-hydrogen) atoms. The van der Waals surface area contributed by atoms with Gasteiger partial charge in [-0.3, -0.25) is 0 Å². The lowest BCUT2D eigenvalue weighted by Gasteiger charge is -2.33. The number of nitrogens with zero attached hydrogens (tertiary/aromatic N) is 3. The molecule has 1 aromatic rings. The molecule has 0 radical (unpaired) electrons. The molecule has 1 heterocycles. The Kier molecular flexibility index (Phi) is 3.93. The largest absolute Gasteiger partial charge is 0.317 e. The normalized spacial score (nSPS) is 30.4. The van der Waals surface area contributed by atoms with Crippen LogP contribution >= 0.6 is 0 Å². The van der Waals surface area contributed by atoms with Crippen LogP contribution in [-0.4, -0.2) is 26.8 Å². The number of aromatic nitrogens is 3. The van der Waals surface area contributed by atoms with E-state index < -0.39 is 0 Å². The summed E-state index contributed by atoms with van der Waals surface area (Å²) in [5, 5.41) is 11.7. The summed E-state index contributed by atoms with van der Waals surface area (Å²) in [6, 6.07) is 2.18. The van der Waals surface area contributed by atoms with Crippen molar-refractivity contribution in [3.8, 4) is 0 Å². The van der Waals surface area contributed by atoms with Gasteiger partial charge in [0.05, 0.1) is 0 Å². The lowest BCUT2D eigenvalue weighted by molar-refractivity contribution is 0.252. The van der Waals surface area contributed by atoms with Crippen LogP contribution in [0.25, 0.3) is 0 Å². The van der Waals surface area contributed by atoms with Crippen molar-refractivity contribution in [2.45, 2.75) is 75.9 Å². The van der Waals surface area contributed by atoms with Crippen LogP contribution in [0.2, 0.25) is 0 Å². The van der Waals surface area contributed by atoms with Crippen molar-refractivity contribution >= 4 is 0 Å². The van der Waals surface area contributed by atoms with Crippen molar-refractivity contribution in [1.29, 1.82) is 0 Å². The molecule has 1 aromatic heterocycles. The van der Waals surface area contributed by atoms with Gasteiger partial charge in [-0.2, -0.15) is 0 Å². The zero-order chi connectivity index (χ0) is 12.2. The van der Waals surface area contributed by atoms with E-state index in [0.29, 0.717) is 6.04 Å². The molecule has 0 bridgehead atoms. The van der Waals surface area contributed by atoms with E-state index in [0.717, 1.165) is 12.1 Å². The van der Waals surface area contributed by atoms with Crippen LogP contribution in [0.4, 0.5) is 0 Å². The predicted octanol–water partition coefficient (Wildman–Crippen LogP) is 2.68. The van der Waals surface area contributed by atoms with Crippen molar-refractivity contribution in [2.75, 3.05) is 0 Å². The van der Waals surface area contributed by atoms with Gasteiger partial charge in [-0.25, -0.2) is 0 Å². The van der Waals surface area contributed by atoms with Gasteiger partial charge >= 0.3 is 0 Å². The lowest BCUT2D eigenvalue weighted by Crippen LogP contribution is -2.41. The van der Waals surface area contributed by atoms with Gasteiger partial charge in [-0.15, -0.1) is 10.2 Å². The molecule has 0 aromatic carbocycles. The summed E-state index contributed by atoms with van der Waals surface area (Å²) in [5.41, 5.74) is 0. The maximum absolute atomic E-state index is 3.91. The van der Waals surface area contributed by atoms with E-state index in [2.05, 4.69) is 20.1 Å². The molecule has 0 amide bonds. The molecule has 4 heteroatoms. The SMILES string of the molecule is c1nncn1C1CCC(NC2CCCCC2)CC1. The maximum atomic E-state index is 3.91. The fourth-order valence-electron chi connectivity index (χ4n) is 3.54. The van der Waals surface area contributed by atoms with E-state index in [1.807, 2.05) is 12.7 Å². The van der Waals surface area contributed by atoms with Gasteiger partial charge in [0.1, 0.15) is 12.7 Å². The van der Waals surface area contributed by atoms with E-state index >= 15 is 0 Å². The third-order valence-corrected chi connectivity index (χ3v) is 4.63. The number of rotatable bonds is 3. The Morgan fingerprint density at radius 3 is 2.06 bits per heavy atom. The van der Waals surface area contributed by atoms with E-state index in [4.69, 9.17) is 0 Å². The van der Waals surface area contributed by atoms with Crippen LogP contribution in [0.5, 0.6) is 0 Å². The first-order valence-electron chi connectivity index (χ1n) is 7.52. The molecule has 1 N–H and O–H groups in total. The molecule has 100 valence electrons. The fourth-order valence-corrected chi connectivity index (χ4v) is 3.54. The highest BCUT2D eigenvalue weighted by Crippen LogP contribution is 2.29. The highest BCUT2D eigenvalue weighted by molar-refractivity contribution is 4.85. The van der Waals surface area contributed by atoms with Crippen LogP contribution in [-0.2, 0) is 0 Å². The summed E-state index contributed by atoms with van der Waals surface area (Å²) in [5.74, 6) is 0. The molecule has 2 aliphatic rings. The average Bonchev–Trinajstić information content (AvgIpc) is 2.95. The fraction of sp³-hybridized carbons (Fsp3) is 0.857. The first kappa shape index (κ1) is 12.2. The quantitative estimate of drug-likeness (QED) is 0.894. The molecule has 0 saturated heterocycles. The highest BCUT2D eigenvalue weighted by Gasteiger charge is 2.24. The summed E-state index contributed by atoms with van der Waals surface area (Å²) in [6.45, 7) is 0. The zero-order valence-electron chi connectivity index (χ0n) is 11.1. The van der Waals surface area contributed by atoms with E-state index in [-0.39, 0.29) is 0 Å². The van der Waals surface area contributed by atoms with Crippen LogP contribution in [0.15, 0.2) is 12.7 Å². The molecule has 0 aliphatic heterocycles. The third-order valence-electron chi connectivity index (χ3n) is 4.63. The van der Waals surface area contributed by atoms with Crippen molar-refractivity contribution < 1.29 is 0 Å². The summed E-state index contributed by atoms with van der Waals surface area (Å²) in [6.07, 6.45) is 15.9. The smallest absolute Gasteiger partial charge is 0.119 e. The molecule has 2 fully saturated rings. The second-order valence-electron chi connectivity index (χ2n) is 5.92. The van der Waals surface area contributed by atoms with Gasteiger partial charge in [0.15, 0.2) is 0 Å². The lowest BCUT2D eigenvalue weighted by atomic mass is 9.88. The number of nitrogens with one attached hydrogen (secondary N) is 1. The Hall–Kier alpha value is -0.900. The molecule has 4 nitrogen and oxygen atoms in total. The molecule has 2 saturated carbocycles. The predicted molar refractivity (Wildman–Crippen MR) is 71.3 cm³/mol. The Morgan fingerprint density at radius 1 is 0.778 bits per heavy atom. The monoisotopic (exact) mass is 248 g/mol. The van der Waals surface area contributed by atoms with E-state index in [9.17, 15) is 0 Å². The minimum atomic E-state index is 0.629. The van der Waals surface area contributed by atoms with Gasteiger partial charge < -0.3 is 9.88 Å². The third kappa shape index (κ3) is 2.91. The standard InChI is InChI=1S/C14H24N4/c1-2-4-12(5-3-1)17-13-6-8-14(9-7-13)18-10-15-16-11-18/h10-14,17H,1-9H2. The van der Waals surface area contributed by atoms with Gasteiger partial charge in [-0.05, 0) is 38.5 Å². The van der Waals surface area contributed by atoms with E-state index in [1.165, 1.54) is 57.8 Å². The summed E-state index contributed by atoms with van der Waals surface area (Å²) in [7, 11) is 0. The Balaban J connectivity index is 1.45.